The number of nitrogens with one attached hydrogen (secondary N) is 2. The molecular weight excluding hydrogens is 348 g/mol. The first-order valence-corrected chi connectivity index (χ1v) is 9.30. The molecule has 3 rings (SSSR count). The zero-order chi connectivity index (χ0) is 16.9. The SMILES string of the molecule is CCCNc1nnc(SC(C)C(=O)Nc2ccc3c(c2)OCO3)s1. The Hall–Kier alpha value is -2.00. The number of thioether (sulfide) groups is 1. The van der Waals surface area contributed by atoms with E-state index in [2.05, 4.69) is 27.8 Å². The summed E-state index contributed by atoms with van der Waals surface area (Å²) in [5.41, 5.74) is 0.680. The Bertz CT molecular complexity index is 722. The van der Waals surface area contributed by atoms with Crippen molar-refractivity contribution in [2.75, 3.05) is 24.0 Å². The number of hydrogen-bond acceptors (Lipinski definition) is 8. The van der Waals surface area contributed by atoms with Gasteiger partial charge in [-0.2, -0.15) is 0 Å². The Kier molecular flexibility index (Phi) is 5.41. The van der Waals surface area contributed by atoms with Gasteiger partial charge in [-0.25, -0.2) is 0 Å². The van der Waals surface area contributed by atoms with Crippen LogP contribution in [0, 0.1) is 0 Å². The average molecular weight is 366 g/mol. The number of aromatic nitrogens is 2. The van der Waals surface area contributed by atoms with E-state index in [0.717, 1.165) is 22.4 Å². The predicted molar refractivity (Wildman–Crippen MR) is 95.2 cm³/mol. The molecule has 0 saturated carbocycles. The van der Waals surface area contributed by atoms with Crippen LogP contribution < -0.4 is 20.1 Å². The maximum absolute atomic E-state index is 12.3. The van der Waals surface area contributed by atoms with E-state index in [4.69, 9.17) is 9.47 Å². The molecule has 1 amide bonds. The Morgan fingerprint density at radius 3 is 3.04 bits per heavy atom. The standard InChI is InChI=1S/C15H18N4O3S2/c1-3-6-16-14-18-19-15(24-14)23-9(2)13(20)17-10-4-5-11-12(7-10)22-8-21-11/h4-5,7,9H,3,6,8H2,1-2H3,(H,16,18)(H,17,20). The summed E-state index contributed by atoms with van der Waals surface area (Å²) in [6.07, 6.45) is 1.02. The summed E-state index contributed by atoms with van der Waals surface area (Å²) in [7, 11) is 0. The number of fused-ring (bicyclic) bond motifs is 1. The van der Waals surface area contributed by atoms with Crippen LogP contribution in [-0.4, -0.2) is 34.7 Å². The van der Waals surface area contributed by atoms with Gasteiger partial charge in [-0.1, -0.05) is 30.0 Å². The topological polar surface area (TPSA) is 85.4 Å². The fourth-order valence-electron chi connectivity index (χ4n) is 1.98. The Labute approximate surface area is 148 Å². The molecule has 1 aliphatic heterocycles. The normalized spacial score (nSPS) is 13.6. The maximum atomic E-state index is 12.3. The summed E-state index contributed by atoms with van der Waals surface area (Å²) in [6.45, 7) is 5.00. The van der Waals surface area contributed by atoms with Crippen molar-refractivity contribution >= 4 is 39.8 Å². The van der Waals surface area contributed by atoms with Gasteiger partial charge >= 0.3 is 0 Å². The molecule has 0 bridgehead atoms. The summed E-state index contributed by atoms with van der Waals surface area (Å²) in [4.78, 5) is 12.3. The average Bonchev–Trinajstić information content (AvgIpc) is 3.21. The molecule has 0 spiro atoms. The predicted octanol–water partition coefficient (Wildman–Crippen LogP) is 3.21. The van der Waals surface area contributed by atoms with Crippen molar-refractivity contribution in [1.82, 2.24) is 10.2 Å². The van der Waals surface area contributed by atoms with Crippen LogP contribution in [0.5, 0.6) is 11.5 Å². The molecule has 7 nitrogen and oxygen atoms in total. The van der Waals surface area contributed by atoms with Crippen LogP contribution in [0.4, 0.5) is 10.8 Å². The van der Waals surface area contributed by atoms with Gasteiger partial charge in [0.1, 0.15) is 0 Å². The van der Waals surface area contributed by atoms with Crippen LogP contribution >= 0.6 is 23.1 Å². The number of amides is 1. The molecule has 1 aliphatic rings. The highest BCUT2D eigenvalue weighted by atomic mass is 32.2. The van der Waals surface area contributed by atoms with E-state index < -0.39 is 0 Å². The summed E-state index contributed by atoms with van der Waals surface area (Å²) < 4.78 is 11.3. The number of anilines is 2. The number of rotatable bonds is 7. The molecule has 0 aliphatic carbocycles. The molecule has 24 heavy (non-hydrogen) atoms. The largest absolute Gasteiger partial charge is 0.454 e. The van der Waals surface area contributed by atoms with E-state index >= 15 is 0 Å². The van der Waals surface area contributed by atoms with Gasteiger partial charge in [-0.3, -0.25) is 4.79 Å². The molecule has 1 unspecified atom stereocenters. The number of benzene rings is 1. The third-order valence-electron chi connectivity index (χ3n) is 3.22. The van der Waals surface area contributed by atoms with E-state index in [9.17, 15) is 4.79 Å². The van der Waals surface area contributed by atoms with Gasteiger partial charge in [0.15, 0.2) is 15.8 Å². The van der Waals surface area contributed by atoms with Crippen LogP contribution in [0.3, 0.4) is 0 Å². The molecule has 2 aromatic rings. The van der Waals surface area contributed by atoms with E-state index in [1.807, 2.05) is 6.92 Å². The highest BCUT2D eigenvalue weighted by Crippen LogP contribution is 2.35. The molecule has 0 radical (unpaired) electrons. The first-order valence-electron chi connectivity index (χ1n) is 7.60. The van der Waals surface area contributed by atoms with Gasteiger partial charge in [0.05, 0.1) is 5.25 Å². The molecule has 128 valence electrons. The minimum atomic E-state index is -0.289. The van der Waals surface area contributed by atoms with Gasteiger partial charge in [-0.15, -0.1) is 10.2 Å². The number of ether oxygens (including phenoxy) is 2. The van der Waals surface area contributed by atoms with Gasteiger partial charge in [0.25, 0.3) is 0 Å². The van der Waals surface area contributed by atoms with Gasteiger partial charge in [-0.05, 0) is 25.5 Å². The van der Waals surface area contributed by atoms with Crippen molar-refractivity contribution in [2.24, 2.45) is 0 Å². The molecule has 9 heteroatoms. The zero-order valence-electron chi connectivity index (χ0n) is 13.4. The lowest BCUT2D eigenvalue weighted by Crippen LogP contribution is -2.22. The lowest BCUT2D eigenvalue weighted by molar-refractivity contribution is -0.115. The number of carbonyl (C=O) groups excluding carboxylic acids is 1. The van der Waals surface area contributed by atoms with Crippen molar-refractivity contribution < 1.29 is 14.3 Å². The second-order valence-electron chi connectivity index (χ2n) is 5.12. The highest BCUT2D eigenvalue weighted by molar-refractivity contribution is 8.02. The van der Waals surface area contributed by atoms with E-state index in [1.165, 1.54) is 23.1 Å². The first kappa shape index (κ1) is 16.8. The lowest BCUT2D eigenvalue weighted by Gasteiger charge is -2.10. The third kappa shape index (κ3) is 4.09. The minimum absolute atomic E-state index is 0.0999. The van der Waals surface area contributed by atoms with Crippen molar-refractivity contribution in [3.8, 4) is 11.5 Å². The molecule has 0 fully saturated rings. The van der Waals surface area contributed by atoms with Crippen molar-refractivity contribution in [3.63, 3.8) is 0 Å². The second kappa shape index (κ2) is 7.71. The highest BCUT2D eigenvalue weighted by Gasteiger charge is 2.19. The molecule has 2 N–H and O–H groups in total. The molecule has 1 aromatic heterocycles. The molecular formula is C15H18N4O3S2. The molecule has 1 atom stereocenters. The number of nitrogens with zero attached hydrogens (tertiary/aromatic N) is 2. The van der Waals surface area contributed by atoms with Crippen LogP contribution in [0.15, 0.2) is 22.5 Å². The lowest BCUT2D eigenvalue weighted by atomic mass is 10.2. The summed E-state index contributed by atoms with van der Waals surface area (Å²) in [6, 6.07) is 5.34. The van der Waals surface area contributed by atoms with Gasteiger partial charge in [0, 0.05) is 18.3 Å². The Morgan fingerprint density at radius 2 is 2.21 bits per heavy atom. The monoisotopic (exact) mass is 366 g/mol. The molecule has 2 heterocycles. The molecule has 0 saturated heterocycles. The number of carbonyl (C=O) groups is 1. The smallest absolute Gasteiger partial charge is 0.237 e. The number of hydrogen-bond donors (Lipinski definition) is 2. The fraction of sp³-hybridized carbons (Fsp3) is 0.400. The summed E-state index contributed by atoms with van der Waals surface area (Å²) in [5.74, 6) is 1.23. The van der Waals surface area contributed by atoms with Crippen LogP contribution in [0.1, 0.15) is 20.3 Å². The summed E-state index contributed by atoms with van der Waals surface area (Å²) >= 11 is 2.84. The zero-order valence-corrected chi connectivity index (χ0v) is 15.0. The Morgan fingerprint density at radius 1 is 1.38 bits per heavy atom. The summed E-state index contributed by atoms with van der Waals surface area (Å²) in [5, 5.41) is 14.7. The molecule has 1 aromatic carbocycles. The van der Waals surface area contributed by atoms with Crippen LogP contribution in [-0.2, 0) is 4.79 Å². The second-order valence-corrected chi connectivity index (χ2v) is 7.68. The van der Waals surface area contributed by atoms with Crippen LogP contribution in [0.25, 0.3) is 0 Å². The van der Waals surface area contributed by atoms with Gasteiger partial charge in [0.2, 0.25) is 17.8 Å². The maximum Gasteiger partial charge on any atom is 0.237 e. The third-order valence-corrected chi connectivity index (χ3v) is 5.28. The van der Waals surface area contributed by atoms with Gasteiger partial charge < -0.3 is 20.1 Å². The van der Waals surface area contributed by atoms with E-state index in [-0.39, 0.29) is 18.0 Å². The van der Waals surface area contributed by atoms with Crippen molar-refractivity contribution in [3.05, 3.63) is 18.2 Å². The van der Waals surface area contributed by atoms with Crippen molar-refractivity contribution in [1.29, 1.82) is 0 Å². The minimum Gasteiger partial charge on any atom is -0.454 e. The Balaban J connectivity index is 1.55. The first-order chi connectivity index (χ1) is 11.7. The quantitative estimate of drug-likeness (QED) is 0.728. The van der Waals surface area contributed by atoms with E-state index in [0.29, 0.717) is 17.2 Å². The van der Waals surface area contributed by atoms with Crippen LogP contribution in [0.2, 0.25) is 0 Å². The fourth-order valence-corrected chi connectivity index (χ4v) is 3.91. The van der Waals surface area contributed by atoms with E-state index in [1.54, 1.807) is 18.2 Å². The van der Waals surface area contributed by atoms with Crippen molar-refractivity contribution in [2.45, 2.75) is 29.9 Å².